The van der Waals surface area contributed by atoms with Crippen LogP contribution in [0, 0.1) is 11.3 Å². The van der Waals surface area contributed by atoms with Gasteiger partial charge in [-0.15, -0.1) is 0 Å². The van der Waals surface area contributed by atoms with E-state index in [4.69, 9.17) is 10.00 Å². The van der Waals surface area contributed by atoms with Crippen LogP contribution >= 0.6 is 0 Å². The Hall–Kier alpha value is -2.64. The molecule has 1 saturated heterocycles. The largest absolute Gasteiger partial charge is 0.473 e. The van der Waals surface area contributed by atoms with E-state index in [2.05, 4.69) is 4.98 Å². The Bertz CT molecular complexity index is 1000. The summed E-state index contributed by atoms with van der Waals surface area (Å²) in [6.45, 7) is 0.168. The van der Waals surface area contributed by atoms with Crippen molar-refractivity contribution in [3.05, 3.63) is 53.7 Å². The van der Waals surface area contributed by atoms with Crippen molar-refractivity contribution in [2.24, 2.45) is 0 Å². The quantitative estimate of drug-likeness (QED) is 0.772. The first-order chi connectivity index (χ1) is 13.2. The summed E-state index contributed by atoms with van der Waals surface area (Å²) < 4.78 is 71.1. The summed E-state index contributed by atoms with van der Waals surface area (Å²) in [4.78, 5) is 3.59. The topological polar surface area (TPSA) is 83.3 Å². The number of ether oxygens (including phenoxy) is 1. The van der Waals surface area contributed by atoms with Crippen molar-refractivity contribution >= 4 is 10.0 Å². The summed E-state index contributed by atoms with van der Waals surface area (Å²) >= 11 is 0. The third kappa shape index (κ3) is 4.43. The Morgan fingerprint density at radius 2 is 2.04 bits per heavy atom. The third-order valence-electron chi connectivity index (χ3n) is 4.29. The highest BCUT2D eigenvalue weighted by Crippen LogP contribution is 2.31. The number of piperidine rings is 1. The number of halogens is 3. The zero-order valence-electron chi connectivity index (χ0n) is 14.6. The Balaban J connectivity index is 1.78. The van der Waals surface area contributed by atoms with Crippen molar-refractivity contribution in [2.75, 3.05) is 13.1 Å². The van der Waals surface area contributed by atoms with Gasteiger partial charge in [0.2, 0.25) is 15.9 Å². The lowest BCUT2D eigenvalue weighted by Crippen LogP contribution is -2.44. The molecule has 1 atom stereocenters. The summed E-state index contributed by atoms with van der Waals surface area (Å²) in [5, 5.41) is 8.92. The van der Waals surface area contributed by atoms with E-state index in [9.17, 15) is 21.6 Å². The number of sulfonamides is 1. The summed E-state index contributed by atoms with van der Waals surface area (Å²) in [5.74, 6) is 0.197. The van der Waals surface area contributed by atoms with Crippen LogP contribution in [-0.2, 0) is 16.2 Å². The molecule has 0 bridgehead atoms. The highest BCUT2D eigenvalue weighted by Gasteiger charge is 2.35. The minimum absolute atomic E-state index is 0.0168. The van der Waals surface area contributed by atoms with Crippen LogP contribution in [0.5, 0.6) is 5.88 Å². The molecule has 0 unspecified atom stereocenters. The molecule has 28 heavy (non-hydrogen) atoms. The third-order valence-corrected chi connectivity index (χ3v) is 6.15. The first-order valence-electron chi connectivity index (χ1n) is 8.40. The van der Waals surface area contributed by atoms with E-state index in [0.29, 0.717) is 24.5 Å². The van der Waals surface area contributed by atoms with Gasteiger partial charge in [-0.3, -0.25) is 0 Å². The number of aromatic nitrogens is 1. The number of alkyl halides is 3. The summed E-state index contributed by atoms with van der Waals surface area (Å²) in [6.07, 6.45) is -2.69. The van der Waals surface area contributed by atoms with Gasteiger partial charge in [0.05, 0.1) is 28.6 Å². The van der Waals surface area contributed by atoms with Gasteiger partial charge in [0.1, 0.15) is 6.10 Å². The smallest absolute Gasteiger partial charge is 0.416 e. The number of nitriles is 1. The number of nitrogens with zero attached hydrogens (tertiary/aromatic N) is 3. The molecule has 10 heteroatoms. The van der Waals surface area contributed by atoms with E-state index in [0.717, 1.165) is 22.5 Å². The minimum atomic E-state index is -4.63. The minimum Gasteiger partial charge on any atom is -0.473 e. The molecule has 0 saturated carbocycles. The summed E-state index contributed by atoms with van der Waals surface area (Å²) in [6, 6.07) is 8.60. The Morgan fingerprint density at radius 3 is 2.75 bits per heavy atom. The van der Waals surface area contributed by atoms with Crippen molar-refractivity contribution in [3.63, 3.8) is 0 Å². The normalized spacial score (nSPS) is 18.4. The van der Waals surface area contributed by atoms with Crippen LogP contribution in [0.25, 0.3) is 0 Å². The molecule has 0 spiro atoms. The van der Waals surface area contributed by atoms with Gasteiger partial charge in [-0.05, 0) is 37.1 Å². The molecule has 1 aromatic heterocycles. The van der Waals surface area contributed by atoms with Crippen LogP contribution in [0.2, 0.25) is 0 Å². The lowest BCUT2D eigenvalue weighted by atomic mass is 10.1. The van der Waals surface area contributed by atoms with Gasteiger partial charge in [-0.1, -0.05) is 6.07 Å². The van der Waals surface area contributed by atoms with Crippen molar-refractivity contribution < 1.29 is 26.3 Å². The molecule has 0 N–H and O–H groups in total. The summed E-state index contributed by atoms with van der Waals surface area (Å²) in [7, 11) is -4.10. The second kappa shape index (κ2) is 7.77. The van der Waals surface area contributed by atoms with Crippen molar-refractivity contribution in [1.82, 2.24) is 9.29 Å². The van der Waals surface area contributed by atoms with Crippen LogP contribution in [0.1, 0.15) is 24.0 Å². The van der Waals surface area contributed by atoms with Gasteiger partial charge in [0, 0.05) is 18.8 Å². The molecule has 1 fully saturated rings. The molecule has 0 amide bonds. The van der Waals surface area contributed by atoms with Gasteiger partial charge in [-0.25, -0.2) is 13.4 Å². The average Bonchev–Trinajstić information content (AvgIpc) is 2.68. The van der Waals surface area contributed by atoms with Gasteiger partial charge in [0.25, 0.3) is 0 Å². The van der Waals surface area contributed by atoms with Crippen molar-refractivity contribution in [1.29, 1.82) is 5.26 Å². The fraction of sp³-hybridized carbons (Fsp3) is 0.333. The zero-order chi connectivity index (χ0) is 20.4. The fourth-order valence-electron chi connectivity index (χ4n) is 2.92. The molecular weight excluding hydrogens is 395 g/mol. The Morgan fingerprint density at radius 1 is 1.25 bits per heavy atom. The molecule has 0 radical (unpaired) electrons. The molecule has 2 heterocycles. The van der Waals surface area contributed by atoms with Crippen LogP contribution < -0.4 is 4.74 Å². The molecule has 1 aliphatic rings. The second-order valence-corrected chi connectivity index (χ2v) is 8.20. The van der Waals surface area contributed by atoms with E-state index in [1.54, 1.807) is 0 Å². The number of benzene rings is 1. The standard InChI is InChI=1S/C18H16F3N3O3S/c19-18(20,21)14-3-1-5-16(10-14)28(25,26)24-8-2-4-15(12-24)27-17-9-13(11-22)6-7-23-17/h1,3,5-7,9-10,15H,2,4,8,12H2/t15-/m0/s1. The molecule has 6 nitrogen and oxygen atoms in total. The first-order valence-corrected chi connectivity index (χ1v) is 9.84. The predicted octanol–water partition coefficient (Wildman–Crippen LogP) is 3.20. The first kappa shape index (κ1) is 20.1. The van der Waals surface area contributed by atoms with E-state index in [1.165, 1.54) is 18.3 Å². The van der Waals surface area contributed by atoms with Gasteiger partial charge in [0.15, 0.2) is 0 Å². The molecule has 2 aromatic rings. The maximum absolute atomic E-state index is 12.9. The fourth-order valence-corrected chi connectivity index (χ4v) is 4.47. The Kier molecular flexibility index (Phi) is 5.58. The summed E-state index contributed by atoms with van der Waals surface area (Å²) in [5.41, 5.74) is -0.662. The average molecular weight is 411 g/mol. The van der Waals surface area contributed by atoms with Crippen LogP contribution in [0.3, 0.4) is 0 Å². The van der Waals surface area contributed by atoms with Gasteiger partial charge in [-0.2, -0.15) is 22.7 Å². The van der Waals surface area contributed by atoms with Gasteiger partial charge >= 0.3 is 6.18 Å². The number of hydrogen-bond donors (Lipinski definition) is 0. The molecular formula is C18H16F3N3O3S. The van der Waals surface area contributed by atoms with Crippen molar-refractivity contribution in [2.45, 2.75) is 30.0 Å². The molecule has 3 rings (SSSR count). The molecule has 0 aliphatic carbocycles. The maximum Gasteiger partial charge on any atom is 0.416 e. The van der Waals surface area contributed by atoms with Crippen molar-refractivity contribution in [3.8, 4) is 11.9 Å². The highest BCUT2D eigenvalue weighted by atomic mass is 32.2. The monoisotopic (exact) mass is 411 g/mol. The van der Waals surface area contributed by atoms with E-state index in [1.807, 2.05) is 6.07 Å². The zero-order valence-corrected chi connectivity index (χ0v) is 15.4. The van der Waals surface area contributed by atoms with Crippen LogP contribution in [-0.4, -0.2) is 36.9 Å². The van der Waals surface area contributed by atoms with Crippen LogP contribution in [0.15, 0.2) is 47.5 Å². The predicted molar refractivity (Wildman–Crippen MR) is 92.8 cm³/mol. The lowest BCUT2D eigenvalue weighted by Gasteiger charge is -2.32. The number of rotatable bonds is 4. The molecule has 148 valence electrons. The SMILES string of the molecule is N#Cc1ccnc(O[C@H]2CCCN(S(=O)(=O)c3cccc(C(F)(F)F)c3)C2)c1. The molecule has 1 aromatic carbocycles. The number of hydrogen-bond acceptors (Lipinski definition) is 5. The maximum atomic E-state index is 12.9. The number of pyridine rings is 1. The van der Waals surface area contributed by atoms with E-state index in [-0.39, 0.29) is 19.0 Å². The highest BCUT2D eigenvalue weighted by molar-refractivity contribution is 7.89. The van der Waals surface area contributed by atoms with Crippen LogP contribution in [0.4, 0.5) is 13.2 Å². The van der Waals surface area contributed by atoms with E-state index < -0.39 is 32.8 Å². The van der Waals surface area contributed by atoms with E-state index >= 15 is 0 Å². The lowest BCUT2D eigenvalue weighted by molar-refractivity contribution is -0.137. The van der Waals surface area contributed by atoms with Gasteiger partial charge < -0.3 is 4.74 Å². The second-order valence-electron chi connectivity index (χ2n) is 6.27. The Labute approximate surface area is 160 Å². The molecule has 1 aliphatic heterocycles.